The van der Waals surface area contributed by atoms with Gasteiger partial charge in [-0.1, -0.05) is 6.07 Å². The van der Waals surface area contributed by atoms with Crippen molar-refractivity contribution in [2.75, 3.05) is 38.1 Å². The van der Waals surface area contributed by atoms with Gasteiger partial charge in [0, 0.05) is 32.4 Å². The number of amides is 2. The third kappa shape index (κ3) is 4.40. The summed E-state index contributed by atoms with van der Waals surface area (Å²) < 4.78 is 5.40. The number of morpholine rings is 1. The second-order valence-electron chi connectivity index (χ2n) is 4.50. The first kappa shape index (κ1) is 13.6. The van der Waals surface area contributed by atoms with E-state index in [0.717, 1.165) is 5.82 Å². The van der Waals surface area contributed by atoms with Crippen LogP contribution in [0.1, 0.15) is 6.92 Å². The number of nitrogens with one attached hydrogen (secondary N) is 2. The number of carbonyl (C=O) groups is 1. The molecule has 1 saturated heterocycles. The van der Waals surface area contributed by atoms with Crippen LogP contribution in [0.2, 0.25) is 0 Å². The van der Waals surface area contributed by atoms with Crippen molar-refractivity contribution in [3.05, 3.63) is 24.4 Å². The zero-order valence-electron chi connectivity index (χ0n) is 11.1. The van der Waals surface area contributed by atoms with E-state index in [2.05, 4.69) is 15.6 Å². The molecule has 2 N–H and O–H groups in total. The summed E-state index contributed by atoms with van der Waals surface area (Å²) >= 11 is 0. The lowest BCUT2D eigenvalue weighted by Crippen LogP contribution is -2.49. The quantitative estimate of drug-likeness (QED) is 0.794. The average Bonchev–Trinajstić information content (AvgIpc) is 2.44. The van der Waals surface area contributed by atoms with Gasteiger partial charge >= 0.3 is 6.03 Å². The number of rotatable bonds is 4. The molecule has 19 heavy (non-hydrogen) atoms. The molecule has 6 nitrogen and oxygen atoms in total. The van der Waals surface area contributed by atoms with Crippen LogP contribution >= 0.6 is 0 Å². The second-order valence-corrected chi connectivity index (χ2v) is 4.50. The van der Waals surface area contributed by atoms with Crippen LogP contribution in [0, 0.1) is 0 Å². The molecule has 0 bridgehead atoms. The molecule has 0 saturated carbocycles. The van der Waals surface area contributed by atoms with E-state index in [1.165, 1.54) is 0 Å². The van der Waals surface area contributed by atoms with Gasteiger partial charge in [0.2, 0.25) is 0 Å². The van der Waals surface area contributed by atoms with Crippen LogP contribution in [-0.4, -0.2) is 54.8 Å². The minimum Gasteiger partial charge on any atom is -0.375 e. The molecule has 1 aliphatic heterocycles. The van der Waals surface area contributed by atoms with Crippen molar-refractivity contribution in [1.82, 2.24) is 15.2 Å². The SMILES string of the molecule is C[C@@H]1CN(C(=O)NCCNc2ccccn2)CCO1. The summed E-state index contributed by atoms with van der Waals surface area (Å²) in [6.45, 7) is 5.12. The van der Waals surface area contributed by atoms with Crippen molar-refractivity contribution in [2.24, 2.45) is 0 Å². The largest absolute Gasteiger partial charge is 0.375 e. The molecule has 1 aromatic rings. The molecule has 1 aromatic heterocycles. The first-order valence-corrected chi connectivity index (χ1v) is 6.55. The van der Waals surface area contributed by atoms with Gasteiger partial charge in [-0.2, -0.15) is 0 Å². The highest BCUT2D eigenvalue weighted by molar-refractivity contribution is 5.74. The Kier molecular flexibility index (Phi) is 4.97. The number of ether oxygens (including phenoxy) is 1. The van der Waals surface area contributed by atoms with Crippen molar-refractivity contribution < 1.29 is 9.53 Å². The summed E-state index contributed by atoms with van der Waals surface area (Å²) in [5, 5.41) is 6.03. The fourth-order valence-electron chi connectivity index (χ4n) is 1.94. The van der Waals surface area contributed by atoms with Crippen molar-refractivity contribution in [3.8, 4) is 0 Å². The highest BCUT2D eigenvalue weighted by Crippen LogP contribution is 2.04. The van der Waals surface area contributed by atoms with Crippen LogP contribution in [-0.2, 0) is 4.74 Å². The Hall–Kier alpha value is -1.82. The molecule has 104 valence electrons. The molecule has 1 atom stereocenters. The van der Waals surface area contributed by atoms with Gasteiger partial charge in [-0.05, 0) is 19.1 Å². The van der Waals surface area contributed by atoms with Gasteiger partial charge in [0.1, 0.15) is 5.82 Å². The predicted molar refractivity (Wildman–Crippen MR) is 73.1 cm³/mol. The molecular formula is C13H20N4O2. The molecule has 2 heterocycles. The molecule has 2 rings (SSSR count). The lowest BCUT2D eigenvalue weighted by atomic mass is 10.3. The van der Waals surface area contributed by atoms with Crippen LogP contribution < -0.4 is 10.6 Å². The number of urea groups is 1. The Morgan fingerprint density at radius 2 is 2.42 bits per heavy atom. The van der Waals surface area contributed by atoms with Crippen LogP contribution in [0.3, 0.4) is 0 Å². The van der Waals surface area contributed by atoms with Crippen molar-refractivity contribution in [1.29, 1.82) is 0 Å². The Morgan fingerprint density at radius 1 is 1.53 bits per heavy atom. The van der Waals surface area contributed by atoms with Crippen LogP contribution in [0.4, 0.5) is 10.6 Å². The first-order chi connectivity index (χ1) is 9.25. The fourth-order valence-corrected chi connectivity index (χ4v) is 1.94. The number of hydrogen-bond donors (Lipinski definition) is 2. The van der Waals surface area contributed by atoms with Crippen molar-refractivity contribution in [3.63, 3.8) is 0 Å². The molecule has 0 spiro atoms. The van der Waals surface area contributed by atoms with Gasteiger partial charge < -0.3 is 20.3 Å². The van der Waals surface area contributed by atoms with Crippen LogP contribution in [0.25, 0.3) is 0 Å². The van der Waals surface area contributed by atoms with E-state index < -0.39 is 0 Å². The molecule has 0 radical (unpaired) electrons. The number of pyridine rings is 1. The molecule has 0 aliphatic carbocycles. The summed E-state index contributed by atoms with van der Waals surface area (Å²) in [6, 6.07) is 5.65. The summed E-state index contributed by atoms with van der Waals surface area (Å²) in [5.41, 5.74) is 0. The highest BCUT2D eigenvalue weighted by atomic mass is 16.5. The van der Waals surface area contributed by atoms with Gasteiger partial charge in [0.05, 0.1) is 12.7 Å². The molecule has 6 heteroatoms. The standard InChI is InChI=1S/C13H20N4O2/c1-11-10-17(8-9-19-11)13(18)16-7-6-15-12-4-2-3-5-14-12/h2-5,11H,6-10H2,1H3,(H,14,15)(H,16,18)/t11-/m1/s1. The topological polar surface area (TPSA) is 66.5 Å². The molecular weight excluding hydrogens is 244 g/mol. The zero-order valence-corrected chi connectivity index (χ0v) is 11.1. The number of hydrogen-bond acceptors (Lipinski definition) is 4. The third-order valence-corrected chi connectivity index (χ3v) is 2.90. The van der Waals surface area contributed by atoms with Gasteiger partial charge in [-0.3, -0.25) is 0 Å². The minimum absolute atomic E-state index is 0.0297. The van der Waals surface area contributed by atoms with E-state index in [4.69, 9.17) is 4.74 Å². The van der Waals surface area contributed by atoms with Crippen LogP contribution in [0.15, 0.2) is 24.4 Å². The van der Waals surface area contributed by atoms with Crippen molar-refractivity contribution >= 4 is 11.8 Å². The van der Waals surface area contributed by atoms with E-state index in [0.29, 0.717) is 32.8 Å². The molecule has 1 fully saturated rings. The maximum absolute atomic E-state index is 11.9. The lowest BCUT2D eigenvalue weighted by molar-refractivity contribution is -0.00340. The molecule has 2 amide bonds. The monoisotopic (exact) mass is 264 g/mol. The second kappa shape index (κ2) is 6.94. The number of anilines is 1. The summed E-state index contributed by atoms with van der Waals surface area (Å²) in [5.74, 6) is 0.816. The maximum atomic E-state index is 11.9. The normalized spacial score (nSPS) is 19.0. The Morgan fingerprint density at radius 3 is 3.16 bits per heavy atom. The minimum atomic E-state index is -0.0297. The number of nitrogens with zero attached hydrogens (tertiary/aromatic N) is 2. The highest BCUT2D eigenvalue weighted by Gasteiger charge is 2.20. The van der Waals surface area contributed by atoms with Gasteiger partial charge in [-0.15, -0.1) is 0 Å². The van der Waals surface area contributed by atoms with Crippen molar-refractivity contribution in [2.45, 2.75) is 13.0 Å². The van der Waals surface area contributed by atoms with Gasteiger partial charge in [0.15, 0.2) is 0 Å². The smallest absolute Gasteiger partial charge is 0.317 e. The maximum Gasteiger partial charge on any atom is 0.317 e. The van der Waals surface area contributed by atoms with Gasteiger partial charge in [-0.25, -0.2) is 9.78 Å². The number of aromatic nitrogens is 1. The third-order valence-electron chi connectivity index (χ3n) is 2.90. The van der Waals surface area contributed by atoms with Gasteiger partial charge in [0.25, 0.3) is 0 Å². The Labute approximate surface area is 113 Å². The average molecular weight is 264 g/mol. The Balaban J connectivity index is 1.64. The molecule has 0 unspecified atom stereocenters. The molecule has 1 aliphatic rings. The molecule has 0 aromatic carbocycles. The summed E-state index contributed by atoms with van der Waals surface area (Å²) in [4.78, 5) is 17.8. The Bertz CT molecular complexity index is 399. The summed E-state index contributed by atoms with van der Waals surface area (Å²) in [7, 11) is 0. The van der Waals surface area contributed by atoms with E-state index in [1.807, 2.05) is 25.1 Å². The number of carbonyl (C=O) groups excluding carboxylic acids is 1. The zero-order chi connectivity index (χ0) is 13.5. The van der Waals surface area contributed by atoms with Crippen LogP contribution in [0.5, 0.6) is 0 Å². The first-order valence-electron chi connectivity index (χ1n) is 6.55. The predicted octanol–water partition coefficient (Wildman–Crippen LogP) is 0.924. The van der Waals surface area contributed by atoms with E-state index >= 15 is 0 Å². The fraction of sp³-hybridized carbons (Fsp3) is 0.538. The van der Waals surface area contributed by atoms with E-state index in [9.17, 15) is 4.79 Å². The lowest BCUT2D eigenvalue weighted by Gasteiger charge is -2.31. The van der Waals surface area contributed by atoms with E-state index in [1.54, 1.807) is 11.1 Å². The van der Waals surface area contributed by atoms with E-state index in [-0.39, 0.29) is 12.1 Å². The summed E-state index contributed by atoms with van der Waals surface area (Å²) in [6.07, 6.45) is 1.85.